The van der Waals surface area contributed by atoms with Gasteiger partial charge in [-0.1, -0.05) is 0 Å². The maximum Gasteiger partial charge on any atom is 0.404 e. The molecule has 0 aliphatic carbocycles. The number of halogens is 1. The Morgan fingerprint density at radius 1 is 1.21 bits per heavy atom. The van der Waals surface area contributed by atoms with Gasteiger partial charge in [0, 0.05) is 24.7 Å². The van der Waals surface area contributed by atoms with Crippen molar-refractivity contribution in [3.8, 4) is 0 Å². The number of hydrogen-bond donors (Lipinski definition) is 2. The van der Waals surface area contributed by atoms with Gasteiger partial charge < -0.3 is 15.3 Å². The zero-order valence-electron chi connectivity index (χ0n) is 10.3. The number of piperidine rings is 1. The molecule has 1 aromatic rings. The van der Waals surface area contributed by atoms with E-state index in [4.69, 9.17) is 5.11 Å². The van der Waals surface area contributed by atoms with Gasteiger partial charge in [-0.3, -0.25) is 4.79 Å². The Hall–Kier alpha value is -2.11. The van der Waals surface area contributed by atoms with Crippen molar-refractivity contribution in [2.24, 2.45) is 0 Å². The minimum Gasteiger partial charge on any atom is -0.465 e. The van der Waals surface area contributed by atoms with Gasteiger partial charge in [-0.05, 0) is 37.1 Å². The van der Waals surface area contributed by atoms with Gasteiger partial charge in [-0.2, -0.15) is 0 Å². The first-order chi connectivity index (χ1) is 9.06. The fourth-order valence-electron chi connectivity index (χ4n) is 2.18. The summed E-state index contributed by atoms with van der Waals surface area (Å²) in [6.45, 7) is 1.00. The smallest absolute Gasteiger partial charge is 0.404 e. The second kappa shape index (κ2) is 5.69. The van der Waals surface area contributed by atoms with Crippen LogP contribution in [0.3, 0.4) is 0 Å². The number of amides is 2. The molecular formula is C13H15FN2O3. The van der Waals surface area contributed by atoms with E-state index in [1.165, 1.54) is 24.3 Å². The van der Waals surface area contributed by atoms with Gasteiger partial charge in [-0.15, -0.1) is 0 Å². The van der Waals surface area contributed by atoms with E-state index in [2.05, 4.69) is 5.32 Å². The Morgan fingerprint density at radius 3 is 2.32 bits per heavy atom. The van der Waals surface area contributed by atoms with Gasteiger partial charge in [-0.25, -0.2) is 9.18 Å². The molecule has 2 N–H and O–H groups in total. The van der Waals surface area contributed by atoms with Crippen LogP contribution in [0.15, 0.2) is 24.3 Å². The van der Waals surface area contributed by atoms with E-state index in [-0.39, 0.29) is 17.8 Å². The Bertz CT molecular complexity index is 467. The number of benzene rings is 1. The fourth-order valence-corrected chi connectivity index (χ4v) is 2.18. The zero-order chi connectivity index (χ0) is 13.8. The largest absolute Gasteiger partial charge is 0.465 e. The molecule has 2 amide bonds. The van der Waals surface area contributed by atoms with Gasteiger partial charge in [0.05, 0.1) is 0 Å². The first-order valence-corrected chi connectivity index (χ1v) is 6.10. The standard InChI is InChI=1S/C13H15FN2O3/c14-10-3-1-9(2-4-10)12(17)16-7-5-11(6-8-16)15-13(18)19/h1-4,11,15H,5-8H2,(H,18,19). The van der Waals surface area contributed by atoms with Crippen molar-refractivity contribution in [2.75, 3.05) is 13.1 Å². The highest BCUT2D eigenvalue weighted by Crippen LogP contribution is 2.14. The number of rotatable bonds is 2. The summed E-state index contributed by atoms with van der Waals surface area (Å²) < 4.78 is 12.8. The molecule has 2 rings (SSSR count). The van der Waals surface area contributed by atoms with E-state index in [0.29, 0.717) is 31.5 Å². The molecule has 1 heterocycles. The first-order valence-electron chi connectivity index (χ1n) is 6.10. The van der Waals surface area contributed by atoms with Crippen molar-refractivity contribution >= 4 is 12.0 Å². The second-order valence-corrected chi connectivity index (χ2v) is 4.52. The van der Waals surface area contributed by atoms with Crippen LogP contribution in [0, 0.1) is 5.82 Å². The number of carbonyl (C=O) groups is 2. The molecule has 0 aromatic heterocycles. The van der Waals surface area contributed by atoms with Gasteiger partial charge >= 0.3 is 6.09 Å². The SMILES string of the molecule is O=C(O)NC1CCN(C(=O)c2ccc(F)cc2)CC1. The molecule has 0 radical (unpaired) electrons. The molecule has 1 aliphatic rings. The van der Waals surface area contributed by atoms with Crippen molar-refractivity contribution in [3.63, 3.8) is 0 Å². The highest BCUT2D eigenvalue weighted by Gasteiger charge is 2.24. The van der Waals surface area contributed by atoms with Crippen molar-refractivity contribution in [1.82, 2.24) is 10.2 Å². The molecule has 6 heteroatoms. The summed E-state index contributed by atoms with van der Waals surface area (Å²) in [5, 5.41) is 11.0. The third kappa shape index (κ3) is 3.43. The summed E-state index contributed by atoms with van der Waals surface area (Å²) >= 11 is 0. The van der Waals surface area contributed by atoms with Gasteiger partial charge in [0.2, 0.25) is 0 Å². The predicted molar refractivity (Wildman–Crippen MR) is 66.5 cm³/mol. The molecule has 0 atom stereocenters. The summed E-state index contributed by atoms with van der Waals surface area (Å²) in [6.07, 6.45) is 0.154. The normalized spacial score (nSPS) is 16.2. The third-order valence-electron chi connectivity index (χ3n) is 3.20. The minimum absolute atomic E-state index is 0.102. The molecule has 0 bridgehead atoms. The monoisotopic (exact) mass is 266 g/mol. The summed E-state index contributed by atoms with van der Waals surface area (Å²) in [5.74, 6) is -0.519. The molecular weight excluding hydrogens is 251 g/mol. The average Bonchev–Trinajstić information content (AvgIpc) is 2.39. The van der Waals surface area contributed by atoms with Crippen LogP contribution in [0.2, 0.25) is 0 Å². The van der Waals surface area contributed by atoms with Crippen LogP contribution in [0.25, 0.3) is 0 Å². The zero-order valence-corrected chi connectivity index (χ0v) is 10.3. The van der Waals surface area contributed by atoms with E-state index in [1.54, 1.807) is 4.90 Å². The van der Waals surface area contributed by atoms with Crippen LogP contribution >= 0.6 is 0 Å². The van der Waals surface area contributed by atoms with E-state index in [0.717, 1.165) is 0 Å². The summed E-state index contributed by atoms with van der Waals surface area (Å²) in [7, 11) is 0. The molecule has 1 fully saturated rings. The lowest BCUT2D eigenvalue weighted by atomic mass is 10.0. The topological polar surface area (TPSA) is 69.6 Å². The lowest BCUT2D eigenvalue weighted by Crippen LogP contribution is -2.46. The summed E-state index contributed by atoms with van der Waals surface area (Å²) in [5.41, 5.74) is 0.450. The maximum atomic E-state index is 12.8. The van der Waals surface area contributed by atoms with E-state index in [9.17, 15) is 14.0 Å². The predicted octanol–water partition coefficient (Wildman–Crippen LogP) is 1.70. The molecule has 0 saturated carbocycles. The van der Waals surface area contributed by atoms with Crippen LogP contribution in [0.1, 0.15) is 23.2 Å². The van der Waals surface area contributed by atoms with Crippen LogP contribution in [-0.2, 0) is 0 Å². The number of nitrogens with zero attached hydrogens (tertiary/aromatic N) is 1. The van der Waals surface area contributed by atoms with E-state index >= 15 is 0 Å². The second-order valence-electron chi connectivity index (χ2n) is 4.52. The molecule has 102 valence electrons. The van der Waals surface area contributed by atoms with Crippen LogP contribution in [-0.4, -0.2) is 41.1 Å². The highest BCUT2D eigenvalue weighted by molar-refractivity contribution is 5.94. The van der Waals surface area contributed by atoms with Crippen molar-refractivity contribution in [1.29, 1.82) is 0 Å². The molecule has 1 saturated heterocycles. The molecule has 0 spiro atoms. The Morgan fingerprint density at radius 2 is 1.79 bits per heavy atom. The number of hydrogen-bond acceptors (Lipinski definition) is 2. The van der Waals surface area contributed by atoms with E-state index < -0.39 is 6.09 Å². The van der Waals surface area contributed by atoms with Gasteiger partial charge in [0.25, 0.3) is 5.91 Å². The Kier molecular flexibility index (Phi) is 3.99. The Labute approximate surface area is 110 Å². The lowest BCUT2D eigenvalue weighted by Gasteiger charge is -2.31. The first kappa shape index (κ1) is 13.3. The van der Waals surface area contributed by atoms with Gasteiger partial charge in [0.15, 0.2) is 0 Å². The molecule has 1 aliphatic heterocycles. The van der Waals surface area contributed by atoms with E-state index in [1.807, 2.05) is 0 Å². The summed E-state index contributed by atoms with van der Waals surface area (Å²) in [6, 6.07) is 5.32. The highest BCUT2D eigenvalue weighted by atomic mass is 19.1. The number of carbonyl (C=O) groups excluding carboxylic acids is 1. The number of nitrogens with one attached hydrogen (secondary N) is 1. The molecule has 0 unspecified atom stereocenters. The Balaban J connectivity index is 1.92. The average molecular weight is 266 g/mol. The molecule has 1 aromatic carbocycles. The van der Waals surface area contributed by atoms with Crippen molar-refractivity contribution < 1.29 is 19.1 Å². The fraction of sp³-hybridized carbons (Fsp3) is 0.385. The number of carboxylic acid groups (broad SMARTS) is 1. The van der Waals surface area contributed by atoms with Crippen LogP contribution in [0.5, 0.6) is 0 Å². The maximum absolute atomic E-state index is 12.8. The van der Waals surface area contributed by atoms with Gasteiger partial charge in [0.1, 0.15) is 5.82 Å². The lowest BCUT2D eigenvalue weighted by molar-refractivity contribution is 0.0706. The molecule has 19 heavy (non-hydrogen) atoms. The minimum atomic E-state index is -1.04. The van der Waals surface area contributed by atoms with Crippen LogP contribution in [0.4, 0.5) is 9.18 Å². The molecule has 5 nitrogen and oxygen atoms in total. The van der Waals surface area contributed by atoms with Crippen molar-refractivity contribution in [3.05, 3.63) is 35.6 Å². The van der Waals surface area contributed by atoms with Crippen LogP contribution < -0.4 is 5.32 Å². The number of likely N-dealkylation sites (tertiary alicyclic amines) is 1. The quantitative estimate of drug-likeness (QED) is 0.856. The van der Waals surface area contributed by atoms with Crippen molar-refractivity contribution in [2.45, 2.75) is 18.9 Å². The third-order valence-corrected chi connectivity index (χ3v) is 3.20. The summed E-state index contributed by atoms with van der Waals surface area (Å²) in [4.78, 5) is 24.3.